The molecule has 6 heteroatoms. The van der Waals surface area contributed by atoms with E-state index in [4.69, 9.17) is 4.74 Å². The van der Waals surface area contributed by atoms with E-state index in [0.29, 0.717) is 17.2 Å². The Balaban J connectivity index is 2.08. The van der Waals surface area contributed by atoms with Gasteiger partial charge in [-0.05, 0) is 47.5 Å². The van der Waals surface area contributed by atoms with Crippen molar-refractivity contribution < 1.29 is 13.2 Å². The van der Waals surface area contributed by atoms with Crippen LogP contribution >= 0.6 is 11.3 Å². The number of methoxy groups -OCH3 is 1. The van der Waals surface area contributed by atoms with E-state index in [1.54, 1.807) is 7.11 Å². The zero-order valence-electron chi connectivity index (χ0n) is 13.5. The fourth-order valence-corrected chi connectivity index (χ4v) is 4.83. The van der Waals surface area contributed by atoms with Crippen LogP contribution in [0.5, 0.6) is 5.75 Å². The lowest BCUT2D eigenvalue weighted by atomic mass is 10.1. The van der Waals surface area contributed by atoms with Gasteiger partial charge >= 0.3 is 0 Å². The number of thiophene rings is 1. The third-order valence-electron chi connectivity index (χ3n) is 3.58. The maximum Gasteiger partial charge on any atom is 0.250 e. The third kappa shape index (κ3) is 5.06. The molecule has 0 aliphatic carbocycles. The minimum atomic E-state index is -3.42. The van der Waals surface area contributed by atoms with Crippen molar-refractivity contribution in [1.29, 1.82) is 0 Å². The molecule has 0 saturated carbocycles. The molecule has 0 bridgehead atoms. The molecule has 0 atom stereocenters. The van der Waals surface area contributed by atoms with Gasteiger partial charge in [0.2, 0.25) is 10.0 Å². The quantitative estimate of drug-likeness (QED) is 0.697. The lowest BCUT2D eigenvalue weighted by molar-refractivity contribution is 0.414. The average molecular weight is 354 g/mol. The van der Waals surface area contributed by atoms with Gasteiger partial charge in [-0.3, -0.25) is 0 Å². The van der Waals surface area contributed by atoms with Crippen molar-refractivity contribution in [2.24, 2.45) is 0 Å². The molecule has 0 aliphatic rings. The molecular weight excluding hydrogens is 330 g/mol. The molecule has 4 nitrogen and oxygen atoms in total. The summed E-state index contributed by atoms with van der Waals surface area (Å²) in [6, 6.07) is 9.58. The Kier molecular flexibility index (Phi) is 6.62. The summed E-state index contributed by atoms with van der Waals surface area (Å²) in [5.74, 6) is 0.796. The predicted molar refractivity (Wildman–Crippen MR) is 94.8 cm³/mol. The Bertz CT molecular complexity index is 706. The van der Waals surface area contributed by atoms with Crippen LogP contribution < -0.4 is 9.46 Å². The molecule has 2 aromatic rings. The van der Waals surface area contributed by atoms with E-state index in [-0.39, 0.29) is 0 Å². The first-order chi connectivity index (χ1) is 11.1. The van der Waals surface area contributed by atoms with Crippen molar-refractivity contribution in [2.75, 3.05) is 13.7 Å². The van der Waals surface area contributed by atoms with Gasteiger partial charge in [-0.15, -0.1) is 11.3 Å². The van der Waals surface area contributed by atoms with Gasteiger partial charge in [-0.25, -0.2) is 13.1 Å². The maximum absolute atomic E-state index is 12.4. The minimum Gasteiger partial charge on any atom is -0.497 e. The van der Waals surface area contributed by atoms with Crippen molar-refractivity contribution in [1.82, 2.24) is 4.72 Å². The smallest absolute Gasteiger partial charge is 0.250 e. The zero-order chi connectivity index (χ0) is 16.7. The third-order valence-corrected chi connectivity index (χ3v) is 6.61. The van der Waals surface area contributed by atoms with E-state index in [2.05, 4.69) is 11.6 Å². The zero-order valence-corrected chi connectivity index (χ0v) is 15.2. The summed E-state index contributed by atoms with van der Waals surface area (Å²) in [6.07, 6.45) is 3.57. The van der Waals surface area contributed by atoms with Gasteiger partial charge in [0.05, 0.1) is 7.11 Å². The average Bonchev–Trinajstić information content (AvgIpc) is 3.01. The van der Waals surface area contributed by atoms with E-state index < -0.39 is 10.0 Å². The molecule has 23 heavy (non-hydrogen) atoms. The van der Waals surface area contributed by atoms with Gasteiger partial charge in [0.15, 0.2) is 0 Å². The molecule has 0 unspecified atom stereocenters. The molecule has 1 N–H and O–H groups in total. The van der Waals surface area contributed by atoms with Crippen LogP contribution in [0.25, 0.3) is 0 Å². The van der Waals surface area contributed by atoms with E-state index in [0.717, 1.165) is 36.1 Å². The van der Waals surface area contributed by atoms with Crippen LogP contribution in [0.1, 0.15) is 37.3 Å². The molecule has 1 aromatic heterocycles. The van der Waals surface area contributed by atoms with Crippen molar-refractivity contribution in [3.05, 3.63) is 46.8 Å². The second-order valence-electron chi connectivity index (χ2n) is 5.36. The molecule has 0 amide bonds. The van der Waals surface area contributed by atoms with E-state index in [1.807, 2.05) is 35.7 Å². The Hall–Kier alpha value is -1.37. The number of unbranched alkanes of at least 4 members (excludes halogenated alkanes) is 2. The summed E-state index contributed by atoms with van der Waals surface area (Å²) < 4.78 is 33.2. The predicted octanol–water partition coefficient (Wildman–Crippen LogP) is 3.82. The number of hydrogen-bond donors (Lipinski definition) is 1. The van der Waals surface area contributed by atoms with Crippen molar-refractivity contribution in [2.45, 2.75) is 36.8 Å². The highest BCUT2D eigenvalue weighted by molar-refractivity contribution is 7.91. The SMILES string of the molecule is CCCCCNS(=O)(=O)c1sccc1Cc1ccc(OC)cc1. The lowest BCUT2D eigenvalue weighted by Crippen LogP contribution is -2.24. The van der Waals surface area contributed by atoms with E-state index >= 15 is 0 Å². The van der Waals surface area contributed by atoms with Crippen LogP contribution in [0, 0.1) is 0 Å². The Morgan fingerprint density at radius 1 is 1.13 bits per heavy atom. The Labute approximate surface area is 142 Å². The molecule has 0 spiro atoms. The molecule has 1 aromatic carbocycles. The maximum atomic E-state index is 12.4. The highest BCUT2D eigenvalue weighted by Gasteiger charge is 2.19. The number of rotatable bonds is 9. The number of hydrogen-bond acceptors (Lipinski definition) is 4. The first-order valence-corrected chi connectivity index (χ1v) is 10.1. The number of nitrogens with one attached hydrogen (secondary N) is 1. The van der Waals surface area contributed by atoms with Gasteiger partial charge < -0.3 is 4.74 Å². The largest absolute Gasteiger partial charge is 0.497 e. The standard InChI is InChI=1S/C17H23NO3S2/c1-3-4-5-11-18-23(19,20)17-15(10-12-22-17)13-14-6-8-16(21-2)9-7-14/h6-10,12,18H,3-5,11,13H2,1-2H3. The van der Waals surface area contributed by atoms with Crippen LogP contribution in [0.2, 0.25) is 0 Å². The summed E-state index contributed by atoms with van der Waals surface area (Å²) in [5.41, 5.74) is 1.90. The monoisotopic (exact) mass is 353 g/mol. The topological polar surface area (TPSA) is 55.4 Å². The van der Waals surface area contributed by atoms with Gasteiger partial charge in [0, 0.05) is 6.54 Å². The summed E-state index contributed by atoms with van der Waals surface area (Å²) in [5, 5.41) is 1.83. The van der Waals surface area contributed by atoms with Crippen LogP contribution in [0.15, 0.2) is 39.9 Å². The van der Waals surface area contributed by atoms with Gasteiger partial charge in [0.1, 0.15) is 9.96 Å². The molecule has 1 heterocycles. The first-order valence-electron chi connectivity index (χ1n) is 7.75. The molecule has 2 rings (SSSR count). The summed E-state index contributed by atoms with van der Waals surface area (Å²) in [6.45, 7) is 2.59. The first kappa shape index (κ1) is 18.0. The molecule has 0 fully saturated rings. The second-order valence-corrected chi connectivity index (χ2v) is 8.24. The van der Waals surface area contributed by atoms with Crippen LogP contribution in [0.4, 0.5) is 0 Å². The van der Waals surface area contributed by atoms with Crippen LogP contribution in [-0.2, 0) is 16.4 Å². The molecule has 0 radical (unpaired) electrons. The van der Waals surface area contributed by atoms with Gasteiger partial charge in [-0.2, -0.15) is 0 Å². The van der Waals surface area contributed by atoms with Gasteiger partial charge in [0.25, 0.3) is 0 Å². The van der Waals surface area contributed by atoms with Crippen molar-refractivity contribution in [3.8, 4) is 5.75 Å². The van der Waals surface area contributed by atoms with E-state index in [1.165, 1.54) is 11.3 Å². The fourth-order valence-electron chi connectivity index (χ4n) is 2.30. The second kappa shape index (κ2) is 8.47. The van der Waals surface area contributed by atoms with Crippen LogP contribution in [-0.4, -0.2) is 22.1 Å². The highest BCUT2D eigenvalue weighted by Crippen LogP contribution is 2.25. The Morgan fingerprint density at radius 2 is 1.87 bits per heavy atom. The lowest BCUT2D eigenvalue weighted by Gasteiger charge is -2.08. The summed E-state index contributed by atoms with van der Waals surface area (Å²) >= 11 is 1.27. The highest BCUT2D eigenvalue weighted by atomic mass is 32.2. The number of ether oxygens (including phenoxy) is 1. The molecule has 0 saturated heterocycles. The Morgan fingerprint density at radius 3 is 2.52 bits per heavy atom. The normalized spacial score (nSPS) is 11.6. The summed E-state index contributed by atoms with van der Waals surface area (Å²) in [7, 11) is -1.79. The van der Waals surface area contributed by atoms with Gasteiger partial charge in [-0.1, -0.05) is 31.9 Å². The van der Waals surface area contributed by atoms with Crippen LogP contribution in [0.3, 0.4) is 0 Å². The summed E-state index contributed by atoms with van der Waals surface area (Å²) in [4.78, 5) is 0. The fraction of sp³-hybridized carbons (Fsp3) is 0.412. The molecular formula is C17H23NO3S2. The van der Waals surface area contributed by atoms with Crippen molar-refractivity contribution in [3.63, 3.8) is 0 Å². The van der Waals surface area contributed by atoms with E-state index in [9.17, 15) is 8.42 Å². The number of benzene rings is 1. The number of sulfonamides is 1. The molecule has 126 valence electrons. The minimum absolute atomic E-state index is 0.421. The van der Waals surface area contributed by atoms with Crippen molar-refractivity contribution >= 4 is 21.4 Å². The molecule has 0 aliphatic heterocycles.